The van der Waals surface area contributed by atoms with Crippen LogP contribution in [0.1, 0.15) is 16.6 Å². The number of hydrogen-bond donors (Lipinski definition) is 1. The molecule has 1 aliphatic rings. The number of pyridine rings is 1. The topological polar surface area (TPSA) is 88.8 Å². The first-order valence-corrected chi connectivity index (χ1v) is 10.4. The molecule has 0 aliphatic carbocycles. The molecular formula is C21H22N4O3S. The maximum Gasteiger partial charge on any atom is 0.409 e. The minimum absolute atomic E-state index is 0.115. The molecule has 0 unspecified atom stereocenters. The fraction of sp³-hybridized carbons (Fsp3) is 0.286. The van der Waals surface area contributed by atoms with Crippen LogP contribution in [0, 0.1) is 0 Å². The molecule has 0 bridgehead atoms. The molecule has 1 aromatic carbocycles. The minimum atomic E-state index is -0.335. The van der Waals surface area contributed by atoms with E-state index in [1.54, 1.807) is 16.7 Å². The third-order valence-electron chi connectivity index (χ3n) is 4.95. The van der Waals surface area contributed by atoms with E-state index in [-0.39, 0.29) is 12.0 Å². The summed E-state index contributed by atoms with van der Waals surface area (Å²) in [6, 6.07) is 13.7. The zero-order valence-corrected chi connectivity index (χ0v) is 16.9. The number of rotatable bonds is 3. The van der Waals surface area contributed by atoms with Crippen LogP contribution in [-0.2, 0) is 4.74 Å². The normalized spacial score (nSPS) is 14.2. The number of carbonyl (C=O) groups is 2. The van der Waals surface area contributed by atoms with Gasteiger partial charge in [-0.15, -0.1) is 11.3 Å². The summed E-state index contributed by atoms with van der Waals surface area (Å²) in [6.07, 6.45) is -0.335. The molecule has 0 saturated carbocycles. The maximum absolute atomic E-state index is 13.0. The zero-order valence-electron chi connectivity index (χ0n) is 16.1. The molecule has 2 aromatic heterocycles. The monoisotopic (exact) mass is 410 g/mol. The number of carbonyl (C=O) groups excluding carboxylic acids is 2. The second-order valence-corrected chi connectivity index (χ2v) is 7.74. The first-order valence-electron chi connectivity index (χ1n) is 9.54. The molecule has 1 fully saturated rings. The van der Waals surface area contributed by atoms with Crippen molar-refractivity contribution in [3.05, 3.63) is 47.3 Å². The highest BCUT2D eigenvalue weighted by Gasteiger charge is 2.28. The number of anilines is 1. The van der Waals surface area contributed by atoms with Gasteiger partial charge in [0, 0.05) is 37.1 Å². The summed E-state index contributed by atoms with van der Waals surface area (Å²) < 4.78 is 5.03. The third-order valence-corrected chi connectivity index (χ3v) is 6.05. The molecule has 7 nitrogen and oxygen atoms in total. The van der Waals surface area contributed by atoms with E-state index in [0.717, 1.165) is 21.5 Å². The highest BCUT2D eigenvalue weighted by molar-refractivity contribution is 7.21. The molecule has 0 atom stereocenters. The van der Waals surface area contributed by atoms with Gasteiger partial charge in [-0.3, -0.25) is 4.79 Å². The van der Waals surface area contributed by atoms with Gasteiger partial charge in [0.2, 0.25) is 0 Å². The number of fused-ring (bicyclic) bond motifs is 1. The molecule has 1 saturated heterocycles. The van der Waals surface area contributed by atoms with Gasteiger partial charge in [0.15, 0.2) is 0 Å². The molecule has 8 heteroatoms. The van der Waals surface area contributed by atoms with E-state index in [2.05, 4.69) is 0 Å². The zero-order chi connectivity index (χ0) is 20.4. The number of thiophene rings is 1. The minimum Gasteiger partial charge on any atom is -0.450 e. The van der Waals surface area contributed by atoms with E-state index in [9.17, 15) is 9.59 Å². The Hall–Kier alpha value is -3.13. The fourth-order valence-electron chi connectivity index (χ4n) is 3.38. The van der Waals surface area contributed by atoms with Crippen molar-refractivity contribution in [3.63, 3.8) is 0 Å². The molecule has 2 N–H and O–H groups in total. The quantitative estimate of drug-likeness (QED) is 0.714. The predicted molar refractivity (Wildman–Crippen MR) is 114 cm³/mol. The van der Waals surface area contributed by atoms with Crippen molar-refractivity contribution >= 4 is 39.2 Å². The van der Waals surface area contributed by atoms with Crippen molar-refractivity contribution in [1.82, 2.24) is 14.8 Å². The van der Waals surface area contributed by atoms with Crippen LogP contribution in [0.2, 0.25) is 0 Å². The van der Waals surface area contributed by atoms with Crippen molar-refractivity contribution in [1.29, 1.82) is 0 Å². The number of hydrogen-bond acceptors (Lipinski definition) is 6. The van der Waals surface area contributed by atoms with Crippen molar-refractivity contribution < 1.29 is 14.3 Å². The molecule has 0 spiro atoms. The van der Waals surface area contributed by atoms with Crippen LogP contribution < -0.4 is 5.73 Å². The summed E-state index contributed by atoms with van der Waals surface area (Å²) in [5.74, 6) is -0.115. The van der Waals surface area contributed by atoms with Gasteiger partial charge < -0.3 is 20.3 Å². The van der Waals surface area contributed by atoms with Gasteiger partial charge in [-0.05, 0) is 19.1 Å². The van der Waals surface area contributed by atoms with Gasteiger partial charge in [0.25, 0.3) is 5.91 Å². The summed E-state index contributed by atoms with van der Waals surface area (Å²) in [5, 5.41) is 0.795. The molecule has 1 aliphatic heterocycles. The van der Waals surface area contributed by atoms with E-state index >= 15 is 0 Å². The largest absolute Gasteiger partial charge is 0.450 e. The van der Waals surface area contributed by atoms with Crippen LogP contribution in [0.15, 0.2) is 42.5 Å². The molecule has 2 amide bonds. The Morgan fingerprint density at radius 3 is 2.45 bits per heavy atom. The first kappa shape index (κ1) is 19.2. The number of nitrogens with two attached hydrogens (primary N) is 1. The molecule has 0 radical (unpaired) electrons. The number of nitrogens with zero attached hydrogens (tertiary/aromatic N) is 3. The summed E-state index contributed by atoms with van der Waals surface area (Å²) in [7, 11) is 0. The van der Waals surface area contributed by atoms with Crippen LogP contribution in [0.25, 0.3) is 21.5 Å². The van der Waals surface area contributed by atoms with E-state index in [4.69, 9.17) is 15.5 Å². The Morgan fingerprint density at radius 2 is 1.76 bits per heavy atom. The summed E-state index contributed by atoms with van der Waals surface area (Å²) >= 11 is 1.32. The molecule has 3 heterocycles. The van der Waals surface area contributed by atoms with Crippen LogP contribution in [0.4, 0.5) is 10.5 Å². The maximum atomic E-state index is 13.0. The highest BCUT2D eigenvalue weighted by Crippen LogP contribution is 2.35. The van der Waals surface area contributed by atoms with Crippen molar-refractivity contribution in [2.75, 3.05) is 38.5 Å². The third kappa shape index (κ3) is 3.75. The lowest BCUT2D eigenvalue weighted by atomic mass is 10.1. The second kappa shape index (κ2) is 8.08. The van der Waals surface area contributed by atoms with Gasteiger partial charge in [-0.2, -0.15) is 0 Å². The summed E-state index contributed by atoms with van der Waals surface area (Å²) in [6.45, 7) is 3.92. The number of ether oxygens (including phenoxy) is 1. The average Bonchev–Trinajstić information content (AvgIpc) is 3.10. The molecule has 29 heavy (non-hydrogen) atoms. The van der Waals surface area contributed by atoms with Crippen LogP contribution in [-0.4, -0.2) is 59.6 Å². The Kier molecular flexibility index (Phi) is 5.35. The smallest absolute Gasteiger partial charge is 0.409 e. The number of benzene rings is 1. The van der Waals surface area contributed by atoms with Crippen molar-refractivity contribution in [2.45, 2.75) is 6.92 Å². The molecule has 3 aromatic rings. The van der Waals surface area contributed by atoms with E-state index in [1.165, 1.54) is 11.3 Å². The summed E-state index contributed by atoms with van der Waals surface area (Å²) in [5.41, 5.74) is 8.62. The lowest BCUT2D eigenvalue weighted by molar-refractivity contribution is 0.0575. The Bertz CT molecular complexity index is 1040. The van der Waals surface area contributed by atoms with Crippen LogP contribution in [0.3, 0.4) is 0 Å². The highest BCUT2D eigenvalue weighted by atomic mass is 32.1. The Balaban J connectivity index is 1.54. The van der Waals surface area contributed by atoms with Crippen molar-refractivity contribution in [2.24, 2.45) is 0 Å². The lowest BCUT2D eigenvalue weighted by Gasteiger charge is -2.33. The molecule has 150 valence electrons. The molecular weight excluding hydrogens is 388 g/mol. The number of aromatic nitrogens is 1. The van der Waals surface area contributed by atoms with Gasteiger partial charge in [0.1, 0.15) is 9.71 Å². The predicted octanol–water partition coefficient (Wildman–Crippen LogP) is 3.46. The van der Waals surface area contributed by atoms with Gasteiger partial charge in [-0.1, -0.05) is 30.3 Å². The van der Waals surface area contributed by atoms with Crippen LogP contribution in [0.5, 0.6) is 0 Å². The first-order chi connectivity index (χ1) is 14.1. The SMILES string of the molecule is CCOC(=O)N1CCN(C(=O)c2sc3nc(-c4ccccc4)ccc3c2N)CC1. The van der Waals surface area contributed by atoms with Crippen LogP contribution >= 0.6 is 11.3 Å². The second-order valence-electron chi connectivity index (χ2n) is 6.74. The van der Waals surface area contributed by atoms with E-state index in [0.29, 0.717) is 43.4 Å². The average molecular weight is 410 g/mol. The van der Waals surface area contributed by atoms with E-state index in [1.807, 2.05) is 42.5 Å². The number of piperazine rings is 1. The number of amides is 2. The Labute approximate surface area is 172 Å². The Morgan fingerprint density at radius 1 is 1.07 bits per heavy atom. The van der Waals surface area contributed by atoms with Gasteiger partial charge >= 0.3 is 6.09 Å². The standard InChI is InChI=1S/C21H22N4O3S/c1-2-28-21(27)25-12-10-24(11-13-25)20(26)18-17(22)15-8-9-16(23-19(15)29-18)14-6-4-3-5-7-14/h3-9H,2,10-13,22H2,1H3. The number of nitrogen functional groups attached to an aromatic ring is 1. The van der Waals surface area contributed by atoms with Crippen molar-refractivity contribution in [3.8, 4) is 11.3 Å². The molecule has 4 rings (SSSR count). The fourth-order valence-corrected chi connectivity index (χ4v) is 4.44. The van der Waals surface area contributed by atoms with Gasteiger partial charge in [0.05, 0.1) is 18.0 Å². The van der Waals surface area contributed by atoms with Gasteiger partial charge in [-0.25, -0.2) is 9.78 Å². The summed E-state index contributed by atoms with van der Waals surface area (Å²) in [4.78, 5) is 34.2. The lowest BCUT2D eigenvalue weighted by Crippen LogP contribution is -2.50. The van der Waals surface area contributed by atoms with E-state index < -0.39 is 0 Å².